The summed E-state index contributed by atoms with van der Waals surface area (Å²) < 4.78 is 32.6. The van der Waals surface area contributed by atoms with Crippen LogP contribution in [0.3, 0.4) is 0 Å². The van der Waals surface area contributed by atoms with Crippen molar-refractivity contribution >= 4 is 21.4 Å². The first kappa shape index (κ1) is 18.4. The molecule has 0 spiro atoms. The Balaban J connectivity index is 1.37. The Morgan fingerprint density at radius 3 is 2.59 bits per heavy atom. The number of aryl methyl sites for hydroxylation is 1. The van der Waals surface area contributed by atoms with Crippen LogP contribution in [0.15, 0.2) is 57.3 Å². The minimum absolute atomic E-state index is 0.369. The zero-order chi connectivity index (χ0) is 18.9. The fourth-order valence-electron chi connectivity index (χ4n) is 3.27. The zero-order valence-electron chi connectivity index (χ0n) is 15.1. The average Bonchev–Trinajstić information content (AvgIpc) is 3.34. The highest BCUT2D eigenvalue weighted by Crippen LogP contribution is 2.25. The molecular formula is C19H22N3O3S2+. The van der Waals surface area contributed by atoms with Crippen LogP contribution in [0.1, 0.15) is 11.3 Å². The summed E-state index contributed by atoms with van der Waals surface area (Å²) in [5, 5.41) is 6.18. The predicted molar refractivity (Wildman–Crippen MR) is 104 cm³/mol. The van der Waals surface area contributed by atoms with Crippen LogP contribution in [0, 0.1) is 6.92 Å². The predicted octanol–water partition coefficient (Wildman–Crippen LogP) is 1.80. The lowest BCUT2D eigenvalue weighted by molar-refractivity contribution is -0.917. The lowest BCUT2D eigenvalue weighted by Crippen LogP contribution is -3.13. The van der Waals surface area contributed by atoms with Crippen LogP contribution < -0.4 is 4.90 Å². The molecule has 0 amide bonds. The molecule has 142 valence electrons. The number of nitrogens with zero attached hydrogens (tertiary/aromatic N) is 2. The maximum atomic E-state index is 12.8. The Hall–Kier alpha value is -2.00. The number of rotatable bonds is 5. The fourth-order valence-corrected chi connectivity index (χ4v) is 5.38. The summed E-state index contributed by atoms with van der Waals surface area (Å²) in [6, 6.07) is 13.0. The van der Waals surface area contributed by atoms with Crippen LogP contribution in [-0.2, 0) is 16.6 Å². The van der Waals surface area contributed by atoms with Crippen molar-refractivity contribution in [2.24, 2.45) is 0 Å². The van der Waals surface area contributed by atoms with E-state index in [0.29, 0.717) is 18.0 Å². The third-order valence-corrected chi connectivity index (χ3v) is 7.64. The molecule has 0 atom stereocenters. The zero-order valence-corrected chi connectivity index (χ0v) is 16.7. The first-order valence-electron chi connectivity index (χ1n) is 8.92. The minimum Gasteiger partial charge on any atom is -0.355 e. The second-order valence-electron chi connectivity index (χ2n) is 6.80. The monoisotopic (exact) mass is 404 g/mol. The topological polar surface area (TPSA) is 67.8 Å². The molecule has 3 aromatic rings. The van der Waals surface area contributed by atoms with Gasteiger partial charge < -0.3 is 9.42 Å². The molecule has 0 unspecified atom stereocenters. The van der Waals surface area contributed by atoms with E-state index in [4.69, 9.17) is 4.52 Å². The quantitative estimate of drug-likeness (QED) is 0.704. The number of sulfonamides is 1. The van der Waals surface area contributed by atoms with E-state index in [1.54, 1.807) is 27.8 Å². The van der Waals surface area contributed by atoms with Gasteiger partial charge in [0.25, 0.3) is 0 Å². The van der Waals surface area contributed by atoms with Crippen molar-refractivity contribution < 1.29 is 17.8 Å². The van der Waals surface area contributed by atoms with Crippen LogP contribution >= 0.6 is 11.3 Å². The van der Waals surface area contributed by atoms with E-state index >= 15 is 0 Å². The van der Waals surface area contributed by atoms with Crippen molar-refractivity contribution in [1.29, 1.82) is 0 Å². The van der Waals surface area contributed by atoms with Crippen molar-refractivity contribution in [3.8, 4) is 10.6 Å². The van der Waals surface area contributed by atoms with Gasteiger partial charge >= 0.3 is 0 Å². The van der Waals surface area contributed by atoms with E-state index in [1.165, 1.54) is 4.90 Å². The molecular weight excluding hydrogens is 382 g/mol. The third-order valence-electron chi connectivity index (χ3n) is 4.84. The summed E-state index contributed by atoms with van der Waals surface area (Å²) in [7, 11) is -3.41. The molecule has 6 nitrogen and oxygen atoms in total. The normalized spacial score (nSPS) is 16.6. The van der Waals surface area contributed by atoms with E-state index in [9.17, 15) is 8.42 Å². The first-order chi connectivity index (χ1) is 13.0. The fraction of sp³-hybridized carbons (Fsp3) is 0.316. The van der Waals surface area contributed by atoms with Crippen LogP contribution in [0.2, 0.25) is 0 Å². The average molecular weight is 405 g/mol. The standard InChI is InChI=1S/C19H21N3O3S2/c1-15-4-6-17(7-5-15)27(23,24)22-10-8-21(9-11-22)14-16-13-18(25-20-16)19-3-2-12-26-19/h2-7,12-13H,8-11,14H2,1H3/p+1. The minimum atomic E-state index is -3.41. The number of nitrogens with one attached hydrogen (secondary N) is 1. The van der Waals surface area contributed by atoms with Crippen molar-refractivity contribution in [3.63, 3.8) is 0 Å². The number of piperazine rings is 1. The van der Waals surface area contributed by atoms with Crippen molar-refractivity contribution in [1.82, 2.24) is 9.46 Å². The van der Waals surface area contributed by atoms with Gasteiger partial charge in [-0.2, -0.15) is 4.31 Å². The molecule has 1 aliphatic heterocycles. The van der Waals surface area contributed by atoms with E-state index in [0.717, 1.165) is 41.5 Å². The molecule has 8 heteroatoms. The highest BCUT2D eigenvalue weighted by Gasteiger charge is 2.30. The van der Waals surface area contributed by atoms with Crippen molar-refractivity contribution in [2.45, 2.75) is 18.4 Å². The van der Waals surface area contributed by atoms with E-state index in [2.05, 4.69) is 5.16 Å². The molecule has 27 heavy (non-hydrogen) atoms. The molecule has 1 aliphatic rings. The Kier molecular flexibility index (Phi) is 5.14. The Labute approximate surface area is 163 Å². The maximum Gasteiger partial charge on any atom is 0.243 e. The van der Waals surface area contributed by atoms with Crippen LogP contribution in [0.5, 0.6) is 0 Å². The van der Waals surface area contributed by atoms with Crippen LogP contribution in [0.4, 0.5) is 0 Å². The second-order valence-corrected chi connectivity index (χ2v) is 9.69. The molecule has 1 N–H and O–H groups in total. The molecule has 0 radical (unpaired) electrons. The summed E-state index contributed by atoms with van der Waals surface area (Å²) in [6.07, 6.45) is 0. The number of hydrogen-bond acceptors (Lipinski definition) is 5. The van der Waals surface area contributed by atoms with Crippen LogP contribution in [-0.4, -0.2) is 44.1 Å². The second kappa shape index (κ2) is 7.55. The summed E-state index contributed by atoms with van der Waals surface area (Å²) in [6.45, 7) is 5.24. The maximum absolute atomic E-state index is 12.8. The van der Waals surface area contributed by atoms with Gasteiger partial charge in [0, 0.05) is 6.07 Å². The van der Waals surface area contributed by atoms with Gasteiger partial charge in [-0.3, -0.25) is 0 Å². The van der Waals surface area contributed by atoms with E-state index in [-0.39, 0.29) is 0 Å². The number of quaternary nitrogens is 1. The van der Waals surface area contributed by atoms with Gasteiger partial charge in [-0.25, -0.2) is 8.42 Å². The summed E-state index contributed by atoms with van der Waals surface area (Å²) in [5.74, 6) is 0.792. The molecule has 2 aromatic heterocycles. The van der Waals surface area contributed by atoms with Gasteiger partial charge in [-0.1, -0.05) is 28.9 Å². The largest absolute Gasteiger partial charge is 0.355 e. The van der Waals surface area contributed by atoms with Gasteiger partial charge in [-0.05, 0) is 30.5 Å². The Bertz CT molecular complexity index is 987. The molecule has 4 rings (SSSR count). The van der Waals surface area contributed by atoms with E-state index in [1.807, 2.05) is 42.6 Å². The molecule has 0 bridgehead atoms. The summed E-state index contributed by atoms with van der Waals surface area (Å²) in [4.78, 5) is 2.75. The number of thiophene rings is 1. The lowest BCUT2D eigenvalue weighted by Gasteiger charge is -2.31. The van der Waals surface area contributed by atoms with Crippen LogP contribution in [0.25, 0.3) is 10.6 Å². The van der Waals surface area contributed by atoms with Crippen molar-refractivity contribution in [3.05, 3.63) is 59.1 Å². The van der Waals surface area contributed by atoms with Gasteiger partial charge in [0.05, 0.1) is 36.0 Å². The molecule has 1 saturated heterocycles. The molecule has 3 heterocycles. The Morgan fingerprint density at radius 1 is 1.19 bits per heavy atom. The summed E-state index contributed by atoms with van der Waals surface area (Å²) >= 11 is 1.62. The number of benzene rings is 1. The van der Waals surface area contributed by atoms with Crippen molar-refractivity contribution in [2.75, 3.05) is 26.2 Å². The molecule has 0 saturated carbocycles. The first-order valence-corrected chi connectivity index (χ1v) is 11.2. The molecule has 1 fully saturated rings. The lowest BCUT2D eigenvalue weighted by atomic mass is 10.2. The number of hydrogen-bond donors (Lipinski definition) is 1. The Morgan fingerprint density at radius 2 is 1.93 bits per heavy atom. The smallest absolute Gasteiger partial charge is 0.243 e. The van der Waals surface area contributed by atoms with Gasteiger partial charge in [0.2, 0.25) is 10.0 Å². The SMILES string of the molecule is Cc1ccc(S(=O)(=O)N2CC[NH+](Cc3cc(-c4cccs4)on3)CC2)cc1. The third kappa shape index (κ3) is 3.98. The van der Waals surface area contributed by atoms with Gasteiger partial charge in [0.1, 0.15) is 12.2 Å². The highest BCUT2D eigenvalue weighted by molar-refractivity contribution is 7.89. The highest BCUT2D eigenvalue weighted by atomic mass is 32.2. The molecule has 1 aromatic carbocycles. The van der Waals surface area contributed by atoms with Gasteiger partial charge in [-0.15, -0.1) is 11.3 Å². The molecule has 0 aliphatic carbocycles. The van der Waals surface area contributed by atoms with E-state index < -0.39 is 10.0 Å². The number of aromatic nitrogens is 1. The van der Waals surface area contributed by atoms with Gasteiger partial charge in [0.15, 0.2) is 5.76 Å². The summed E-state index contributed by atoms with van der Waals surface area (Å²) in [5.41, 5.74) is 1.96.